The Kier molecular flexibility index (Phi) is 30.7. The number of amides is 4. The molecular formula is C49H67GaN10O19. The molecule has 1 aliphatic rings. The minimum Gasteiger partial charge on any atom is -0.549 e. The van der Waals surface area contributed by atoms with Crippen LogP contribution in [0.1, 0.15) is 43.9 Å². The third-order valence-electron chi connectivity index (χ3n) is 12.6. The Balaban J connectivity index is 0.0000213. The molecule has 9 N–H and O–H groups in total. The number of Topliss-reactive ketones (excluding diaryl/α,β-unsaturated/α-hetero) is 3. The number of hydrogen-bond acceptors (Lipinski definition) is 22. The van der Waals surface area contributed by atoms with Gasteiger partial charge < -0.3 is 76.4 Å². The summed E-state index contributed by atoms with van der Waals surface area (Å²) in [4.78, 5) is 165. The topological polar surface area (TPSA) is 445 Å². The number of aliphatic hydroxyl groups is 2. The zero-order valence-corrected chi connectivity index (χ0v) is 46.0. The van der Waals surface area contributed by atoms with Gasteiger partial charge in [0, 0.05) is 115 Å². The van der Waals surface area contributed by atoms with Crippen LogP contribution in [0.3, 0.4) is 0 Å². The fourth-order valence-electron chi connectivity index (χ4n) is 8.31. The van der Waals surface area contributed by atoms with Crippen molar-refractivity contribution < 1.29 is 93.3 Å². The van der Waals surface area contributed by atoms with E-state index in [9.17, 15) is 93.3 Å². The number of carboxylic acids is 5. The van der Waals surface area contributed by atoms with Gasteiger partial charge in [0.05, 0.1) is 74.8 Å². The summed E-state index contributed by atoms with van der Waals surface area (Å²) in [5.74, 6) is -17.3. The van der Waals surface area contributed by atoms with Gasteiger partial charge in [-0.1, -0.05) is 30.3 Å². The molecule has 1 saturated heterocycles. The average molecular weight is 1170 g/mol. The maximum Gasteiger partial charge on any atom is 3.00 e. The van der Waals surface area contributed by atoms with Crippen molar-refractivity contribution in [2.45, 2.75) is 63.6 Å². The molecule has 0 spiro atoms. The second kappa shape index (κ2) is 35.5. The van der Waals surface area contributed by atoms with Crippen LogP contribution in [0.2, 0.25) is 0 Å². The molecule has 79 heavy (non-hydrogen) atoms. The number of nitrogens with one attached hydrogen (secondary N) is 5. The van der Waals surface area contributed by atoms with Gasteiger partial charge in [-0.15, -0.1) is 0 Å². The first-order valence-electron chi connectivity index (χ1n) is 24.9. The predicted octanol–water partition coefficient (Wildman–Crippen LogP) is -8.85. The number of carbonyl (C=O) groups is 12. The molecule has 30 heteroatoms. The first-order chi connectivity index (χ1) is 37.0. The number of hydrogen-bond donors (Lipinski definition) is 9. The van der Waals surface area contributed by atoms with Crippen LogP contribution in [0.15, 0.2) is 42.9 Å². The van der Waals surface area contributed by atoms with Crippen LogP contribution in [0.25, 0.3) is 0 Å². The molecule has 2 aromatic rings. The van der Waals surface area contributed by atoms with Crippen LogP contribution >= 0.6 is 0 Å². The molecule has 1 aliphatic heterocycles. The monoisotopic (exact) mass is 1170 g/mol. The van der Waals surface area contributed by atoms with E-state index in [0.29, 0.717) is 11.3 Å². The van der Waals surface area contributed by atoms with Crippen LogP contribution in [0.4, 0.5) is 0 Å². The second-order valence-corrected chi connectivity index (χ2v) is 18.8. The summed E-state index contributed by atoms with van der Waals surface area (Å²) in [6.45, 7) is -2.83. The van der Waals surface area contributed by atoms with Crippen molar-refractivity contribution in [1.82, 2.24) is 50.8 Å². The van der Waals surface area contributed by atoms with Gasteiger partial charge in [-0.05, 0) is 18.9 Å². The molecule has 29 nitrogen and oxygen atoms in total. The number of rotatable bonds is 33. The number of carboxylic acid groups (broad SMARTS) is 5. The molecular weight excluding hydrogens is 1100 g/mol. The van der Waals surface area contributed by atoms with Crippen molar-refractivity contribution in [3.05, 3.63) is 54.1 Å². The zero-order valence-electron chi connectivity index (χ0n) is 43.6. The van der Waals surface area contributed by atoms with Gasteiger partial charge in [0.25, 0.3) is 0 Å². The van der Waals surface area contributed by atoms with Gasteiger partial charge in [-0.3, -0.25) is 58.0 Å². The number of H-pyrrole nitrogens is 1. The van der Waals surface area contributed by atoms with Gasteiger partial charge >= 0.3 is 31.7 Å². The summed E-state index contributed by atoms with van der Waals surface area (Å²) >= 11 is 0. The number of aromatic amines is 1. The van der Waals surface area contributed by atoms with Crippen LogP contribution in [0.5, 0.6) is 0 Å². The van der Waals surface area contributed by atoms with Gasteiger partial charge in [0.15, 0.2) is 17.3 Å². The van der Waals surface area contributed by atoms with Crippen molar-refractivity contribution in [1.29, 1.82) is 0 Å². The molecule has 1 aromatic heterocycles. The number of aliphatic hydroxyl groups excluding tert-OH is 2. The Bertz CT molecular complexity index is 2350. The molecule has 1 aromatic carbocycles. The van der Waals surface area contributed by atoms with E-state index >= 15 is 0 Å². The molecule has 0 unspecified atom stereocenters. The van der Waals surface area contributed by atoms with Gasteiger partial charge in [-0.2, -0.15) is 0 Å². The Hall–Kier alpha value is -6.93. The molecule has 0 bridgehead atoms. The maximum atomic E-state index is 13.9. The Labute approximate surface area is 466 Å². The first-order valence-corrected chi connectivity index (χ1v) is 24.9. The molecule has 0 aliphatic carbocycles. The Morgan fingerprint density at radius 2 is 1.05 bits per heavy atom. The fourth-order valence-corrected chi connectivity index (χ4v) is 8.31. The standard InChI is InChI=1S/C49H70N10O19.Ga/c1-30(39(63)18-33(16-35-21-50-29-52-35)48(76)54-37(27-60)40(64)19-32(15-31-5-3-2-4-6-31)47(75)55-38(28-61)49(77)78)53-46(74)34(20-42(66)67)17-36(62)22-51-41(65)23-56-7-9-57(24-43(68)69)11-13-59(26-45(72)73)14-12-58(10-8-56)25-44(70)71;/h2-6,21,29-30,32-34,37-38,60-61H,7-20,22-28H2,1H3,(H,50,52)(H,51,65)(H,53,74)(H,54,76)(H,55,75)(H,66,67)(H,68,69)(H,70,71)(H,72,73)(H,77,78);/q;+3/p-3/t30-,32+,33+,34-,37-,38-;/m0./s1. The molecule has 0 radical (unpaired) electrons. The van der Waals surface area contributed by atoms with E-state index in [-0.39, 0.29) is 91.5 Å². The van der Waals surface area contributed by atoms with Crippen molar-refractivity contribution in [3.63, 3.8) is 0 Å². The van der Waals surface area contributed by atoms with Crippen molar-refractivity contribution in [2.24, 2.45) is 17.8 Å². The van der Waals surface area contributed by atoms with Crippen LogP contribution in [-0.2, 0) is 70.4 Å². The van der Waals surface area contributed by atoms with Gasteiger partial charge in [0.1, 0.15) is 12.1 Å². The van der Waals surface area contributed by atoms with E-state index in [1.807, 2.05) is 0 Å². The molecule has 6 atom stereocenters. The van der Waals surface area contributed by atoms with Crippen LogP contribution in [-0.4, -0.2) is 257 Å². The minimum absolute atomic E-state index is 0. The van der Waals surface area contributed by atoms with E-state index in [4.69, 9.17) is 0 Å². The van der Waals surface area contributed by atoms with Gasteiger partial charge in [-0.25, -0.2) is 9.78 Å². The van der Waals surface area contributed by atoms with Crippen LogP contribution in [0, 0.1) is 17.8 Å². The van der Waals surface area contributed by atoms with Gasteiger partial charge in [0.2, 0.25) is 23.6 Å². The van der Waals surface area contributed by atoms with E-state index < -0.39 is 172 Å². The summed E-state index contributed by atoms with van der Waals surface area (Å²) in [6, 6.07) is 3.64. The number of benzene rings is 1. The number of nitrogens with zero attached hydrogens (tertiary/aromatic N) is 5. The SMILES string of the molecule is C[C@H](NC(=O)[C@H](CC(=O)O)CC(=O)CNC(=O)CN1CCN(CC(=O)[O-])CCN(CC(=O)[O-])CCN(CC(=O)[O-])CC1)C(=O)C[C@@H](Cc1cnc[nH]1)C(=O)N[C@@H](CO)C(=O)C[C@@H](Cc1ccccc1)C(=O)N[C@@H](CO)C(=O)O.[Ga+3]. The molecule has 4 amide bonds. The summed E-state index contributed by atoms with van der Waals surface area (Å²) in [5.41, 5.74) is 0.946. The van der Waals surface area contributed by atoms with E-state index in [0.717, 1.165) is 0 Å². The predicted molar refractivity (Wildman–Crippen MR) is 267 cm³/mol. The zero-order chi connectivity index (χ0) is 57.9. The molecule has 2 heterocycles. The number of aliphatic carboxylic acids is 5. The fraction of sp³-hybridized carbons (Fsp3) is 0.571. The Morgan fingerprint density at radius 3 is 1.49 bits per heavy atom. The summed E-state index contributed by atoms with van der Waals surface area (Å²) in [6.07, 6.45) is -0.416. The molecule has 1 fully saturated rings. The van der Waals surface area contributed by atoms with Crippen LogP contribution < -0.4 is 36.6 Å². The molecule has 430 valence electrons. The second-order valence-electron chi connectivity index (χ2n) is 18.8. The quantitative estimate of drug-likeness (QED) is 0.0300. The number of aromatic nitrogens is 2. The number of imidazole rings is 1. The van der Waals surface area contributed by atoms with E-state index in [2.05, 4.69) is 31.2 Å². The number of carbonyl (C=O) groups excluding carboxylic acids is 10. The normalized spacial score (nSPS) is 16.3. The van der Waals surface area contributed by atoms with Crippen molar-refractivity contribution >= 4 is 90.6 Å². The Morgan fingerprint density at radius 1 is 0.595 bits per heavy atom. The largest absolute Gasteiger partial charge is 3.00 e. The summed E-state index contributed by atoms with van der Waals surface area (Å²) in [7, 11) is 0. The average Bonchev–Trinajstić information content (AvgIpc) is 3.90. The molecule has 0 saturated carbocycles. The van der Waals surface area contributed by atoms with Crippen molar-refractivity contribution in [2.75, 3.05) is 98.3 Å². The first kappa shape index (κ1) is 68.2. The molecule has 3 rings (SSSR count). The third-order valence-corrected chi connectivity index (χ3v) is 12.6. The minimum atomic E-state index is -1.69. The summed E-state index contributed by atoms with van der Waals surface area (Å²) < 4.78 is 0. The number of ketones is 3. The smallest absolute Gasteiger partial charge is 0.549 e. The van der Waals surface area contributed by atoms with E-state index in [1.54, 1.807) is 35.2 Å². The van der Waals surface area contributed by atoms with Crippen molar-refractivity contribution in [3.8, 4) is 0 Å². The summed E-state index contributed by atoms with van der Waals surface area (Å²) in [5, 5.41) is 82.5. The van der Waals surface area contributed by atoms with E-state index in [1.165, 1.54) is 34.1 Å². The maximum absolute atomic E-state index is 13.9. The third kappa shape index (κ3) is 26.5.